The van der Waals surface area contributed by atoms with Crippen molar-refractivity contribution in [3.63, 3.8) is 0 Å². The molecule has 22 nitrogen and oxygen atoms in total. The van der Waals surface area contributed by atoms with E-state index in [9.17, 15) is 0 Å². The summed E-state index contributed by atoms with van der Waals surface area (Å²) in [6, 6.07) is 5.71. The largest absolute Gasteiger partial charge is 0.452 e. The van der Waals surface area contributed by atoms with E-state index >= 15 is 0 Å². The molecule has 12 aromatic rings. The Bertz CT molecular complexity index is 2040. The van der Waals surface area contributed by atoms with E-state index in [-0.39, 0.29) is 0 Å². The van der Waals surface area contributed by atoms with E-state index in [0.717, 1.165) is 51.2 Å². The number of hydrogen-bond donors (Lipinski definition) is 3. The van der Waals surface area contributed by atoms with Crippen molar-refractivity contribution in [2.24, 2.45) is 0 Å². The lowest BCUT2D eigenvalue weighted by Gasteiger charge is -1.68. The van der Waals surface area contributed by atoms with Crippen molar-refractivity contribution >= 4 is 57.5 Å². The number of nitrogens with zero attached hydrogens (tertiary/aromatic N) is 15. The van der Waals surface area contributed by atoms with Crippen LogP contribution < -0.4 is 0 Å². The minimum absolute atomic E-state index is 0.676. The van der Waals surface area contributed by atoms with Gasteiger partial charge >= 0.3 is 0 Å². The van der Waals surface area contributed by atoms with E-state index in [4.69, 9.17) is 0 Å². The molecule has 0 aliphatic heterocycles. The molecule has 0 atom stereocenters. The van der Waals surface area contributed by atoms with Crippen LogP contribution in [0.5, 0.6) is 0 Å². The summed E-state index contributed by atoms with van der Waals surface area (Å²) < 4.78 is 33.2. The molecule has 12 aromatic heterocycles. The quantitative estimate of drug-likeness (QED) is 0.127. The van der Waals surface area contributed by atoms with Gasteiger partial charge in [0, 0.05) is 75.0 Å². The zero-order valence-electron chi connectivity index (χ0n) is 42.0. The zero-order chi connectivity index (χ0) is 52.9. The van der Waals surface area contributed by atoms with Gasteiger partial charge in [0.2, 0.25) is 6.39 Å². The predicted octanol–water partition coefficient (Wildman–Crippen LogP) is 11.5. The molecule has 0 amide bonds. The number of oxazole rings is 1. The van der Waals surface area contributed by atoms with Gasteiger partial charge in [-0.05, 0) is 152 Å². The lowest BCUT2D eigenvalue weighted by Crippen LogP contribution is -1.66. The van der Waals surface area contributed by atoms with Gasteiger partial charge in [-0.1, -0.05) is 20.0 Å². The Kier molecular flexibility index (Phi) is 36.7. The molecule has 3 N–H and O–H groups in total. The maximum atomic E-state index is 4.60. The Morgan fingerprint density at radius 2 is 1.38 bits per heavy atom. The number of aromatic nitrogens is 18. The van der Waals surface area contributed by atoms with Crippen molar-refractivity contribution in [3.8, 4) is 0 Å². The van der Waals surface area contributed by atoms with Gasteiger partial charge in [-0.25, -0.2) is 19.3 Å². The van der Waals surface area contributed by atoms with Crippen molar-refractivity contribution < 1.29 is 18.0 Å². The van der Waals surface area contributed by atoms with Crippen LogP contribution in [-0.2, 0) is 0 Å². The molecule has 12 heterocycles. The highest BCUT2D eigenvalue weighted by atomic mass is 32.1. The molecule has 0 saturated carbocycles. The average molecular weight is 1080 g/mol. The Morgan fingerprint density at radius 3 is 1.54 bits per heavy atom. The molecule has 0 unspecified atom stereocenters. The molecule has 384 valence electrons. The number of H-pyrrole nitrogens is 3. The van der Waals surface area contributed by atoms with Gasteiger partial charge < -0.3 is 23.0 Å². The normalized spacial score (nSPS) is 8.83. The third-order valence-corrected chi connectivity index (χ3v) is 9.93. The van der Waals surface area contributed by atoms with E-state index in [0.29, 0.717) is 5.82 Å². The lowest BCUT2D eigenvalue weighted by molar-refractivity contribution is 0.412. The summed E-state index contributed by atoms with van der Waals surface area (Å²) in [5.41, 5.74) is 14.3. The first kappa shape index (κ1) is 62.4. The molecule has 0 fully saturated rings. The molecule has 0 bridgehead atoms. The summed E-state index contributed by atoms with van der Waals surface area (Å²) in [4.78, 5) is 21.8. The van der Waals surface area contributed by atoms with Crippen LogP contribution in [0.25, 0.3) is 0 Å². The van der Waals surface area contributed by atoms with Gasteiger partial charge in [0.1, 0.15) is 30.1 Å². The van der Waals surface area contributed by atoms with E-state index in [1.54, 1.807) is 79.7 Å². The third-order valence-electron chi connectivity index (χ3n) is 6.68. The smallest absolute Gasteiger partial charge is 0.213 e. The fraction of sp³-hybridized carbons (Fsp3) is 0.267. The van der Waals surface area contributed by atoms with Gasteiger partial charge in [0.15, 0.2) is 12.2 Å². The van der Waals surface area contributed by atoms with Gasteiger partial charge in [0.25, 0.3) is 0 Å². The number of aromatic amines is 3. The van der Waals surface area contributed by atoms with Gasteiger partial charge in [-0.15, -0.1) is 16.4 Å². The maximum absolute atomic E-state index is 4.60. The molecule has 12 rings (SSSR count). The van der Waals surface area contributed by atoms with Crippen LogP contribution in [0.15, 0.2) is 144 Å². The van der Waals surface area contributed by atoms with Crippen LogP contribution in [0.2, 0.25) is 0 Å². The van der Waals surface area contributed by atoms with Crippen molar-refractivity contribution in [3.05, 3.63) is 194 Å². The summed E-state index contributed by atoms with van der Waals surface area (Å²) >= 11 is 7.36. The fourth-order valence-electron chi connectivity index (χ4n) is 3.23. The van der Waals surface area contributed by atoms with Crippen molar-refractivity contribution in [1.29, 1.82) is 0 Å². The van der Waals surface area contributed by atoms with Crippen LogP contribution in [0.3, 0.4) is 0 Å². The third kappa shape index (κ3) is 40.3. The number of rotatable bonds is 0. The second-order valence-electron chi connectivity index (χ2n) is 13.7. The molecule has 0 aliphatic rings. The van der Waals surface area contributed by atoms with Crippen molar-refractivity contribution in [2.75, 3.05) is 0 Å². The molecule has 72 heavy (non-hydrogen) atoms. The van der Waals surface area contributed by atoms with Crippen LogP contribution in [0.4, 0.5) is 0 Å². The van der Waals surface area contributed by atoms with Crippen LogP contribution in [-0.4, -0.2) is 88.5 Å². The number of thiazole rings is 1. The standard InChI is InChI=1S/3C4H6N2.3C4H5NO.3C4H5NS.C3H4N2O.2C3H4N2S/c1-4-2-5-3-6-4;1-4-2-5-6-3-4;1-4-2-3-5-6-4;1-4-2-6-3-5-4;1-4-2-5-6-3-4;1-4-2-3-6-5-4;1-4-2-6-3-5-4;1-4-2-5-6-3-4;1-4-2-3-6-5-4;2*1-3-4-2-6-5-3;1-3-2-6-5-4-3/h3*2-3H,1H3,(H,5,6);6*2-3H,1H3;3*2H,1H3. The summed E-state index contributed by atoms with van der Waals surface area (Å²) in [5, 5.41) is 34.8. The molecule has 0 spiro atoms. The molecule has 0 aromatic carbocycles. The van der Waals surface area contributed by atoms with Gasteiger partial charge in [-0.2, -0.15) is 23.9 Å². The van der Waals surface area contributed by atoms with E-state index in [1.165, 1.54) is 70.0 Å². The number of aryl methyl sites for hydroxylation is 12. The Morgan fingerprint density at radius 1 is 0.542 bits per heavy atom. The minimum atomic E-state index is 0.676. The first-order chi connectivity index (χ1) is 34.7. The molecular weight excluding hydrogens is 1020 g/mol. The number of imidazole rings is 1. The summed E-state index contributed by atoms with van der Waals surface area (Å²) in [5.74, 6) is 1.54. The zero-order valence-corrected chi connectivity index (χ0v) is 46.1. The van der Waals surface area contributed by atoms with E-state index in [1.807, 2.05) is 128 Å². The lowest BCUT2D eigenvalue weighted by atomic mass is 10.4. The monoisotopic (exact) mass is 1080 g/mol. The molecule has 0 radical (unpaired) electrons. The number of nitrogens with one attached hydrogen (secondary N) is 3. The molecule has 27 heteroatoms. The maximum Gasteiger partial charge on any atom is 0.213 e. The van der Waals surface area contributed by atoms with E-state index in [2.05, 4.69) is 106 Å². The second kappa shape index (κ2) is 42.3. The molecule has 0 aliphatic carbocycles. The molecule has 0 saturated heterocycles. The highest BCUT2D eigenvalue weighted by Gasteiger charge is 1.83. The summed E-state index contributed by atoms with van der Waals surface area (Å²) in [6.07, 6.45) is 19.8. The van der Waals surface area contributed by atoms with Crippen molar-refractivity contribution in [2.45, 2.75) is 83.1 Å². The Balaban J connectivity index is 0.000000393. The topological polar surface area (TPSA) is 293 Å². The van der Waals surface area contributed by atoms with Crippen LogP contribution in [0.1, 0.15) is 68.2 Å². The first-order valence-corrected chi connectivity index (χ1v) is 25.2. The average Bonchev–Trinajstić information content (AvgIpc) is 4.18. The summed E-state index contributed by atoms with van der Waals surface area (Å²) in [6.45, 7) is 23.2. The number of hydrogen-bond acceptors (Lipinski definition) is 24. The fourth-order valence-corrected chi connectivity index (χ4v) is 5.71. The predicted molar refractivity (Wildman–Crippen MR) is 283 cm³/mol. The SMILES string of the molecule is Cc1ccn[nH]1.Cc1ccon1.Cc1ccsn1.Cc1cn[nH]c1.Cc1cnc[nH]1.Cc1cnoc1.Cc1cnsc1.Cc1cocn1.Cc1cscn1.Cc1csnn1.Cc1ncon1.Cc1ncsn1. The van der Waals surface area contributed by atoms with Crippen LogP contribution >= 0.6 is 57.5 Å². The summed E-state index contributed by atoms with van der Waals surface area (Å²) in [7, 11) is 0. The van der Waals surface area contributed by atoms with Crippen molar-refractivity contribution in [1.82, 2.24) is 88.5 Å². The highest BCUT2D eigenvalue weighted by Crippen LogP contribution is 1.97. The van der Waals surface area contributed by atoms with E-state index < -0.39 is 0 Å². The van der Waals surface area contributed by atoms with Gasteiger partial charge in [0.05, 0.1) is 47.0 Å². The van der Waals surface area contributed by atoms with Gasteiger partial charge in [-0.3, -0.25) is 15.2 Å². The Hall–Kier alpha value is -7.59. The minimum Gasteiger partial charge on any atom is -0.452 e. The molecular formula is C45H60N18O4S5. The highest BCUT2D eigenvalue weighted by molar-refractivity contribution is 7.07. The van der Waals surface area contributed by atoms with Crippen LogP contribution in [0, 0.1) is 83.1 Å². The second-order valence-corrected chi connectivity index (χ2v) is 17.0. The first-order valence-electron chi connectivity index (χ1n) is 20.9. The Labute approximate surface area is 438 Å².